The lowest BCUT2D eigenvalue weighted by Crippen LogP contribution is -2.08. The van der Waals surface area contributed by atoms with Gasteiger partial charge in [-0.05, 0) is 43.1 Å². The molecule has 0 saturated heterocycles. The van der Waals surface area contributed by atoms with Gasteiger partial charge in [0.25, 0.3) is 0 Å². The third-order valence-electron chi connectivity index (χ3n) is 3.62. The molecule has 2 rings (SSSR count). The number of esters is 1. The van der Waals surface area contributed by atoms with E-state index in [9.17, 15) is 9.59 Å². The minimum Gasteiger partial charge on any atom is -0.427 e. The number of benzene rings is 1. The van der Waals surface area contributed by atoms with Gasteiger partial charge in [-0.2, -0.15) is 0 Å². The summed E-state index contributed by atoms with van der Waals surface area (Å²) in [4.78, 5) is 26.2. The molecule has 3 N–H and O–H groups in total. The van der Waals surface area contributed by atoms with Crippen molar-refractivity contribution in [3.8, 4) is 5.75 Å². The zero-order valence-corrected chi connectivity index (χ0v) is 12.9. The number of aromatic nitrogens is 1. The van der Waals surface area contributed by atoms with Crippen molar-refractivity contribution >= 4 is 22.7 Å². The third-order valence-corrected chi connectivity index (χ3v) is 3.62. The van der Waals surface area contributed by atoms with Crippen LogP contribution in [0.3, 0.4) is 0 Å². The third kappa shape index (κ3) is 4.18. The molecule has 0 amide bonds. The van der Waals surface area contributed by atoms with Crippen LogP contribution < -0.4 is 10.5 Å². The first-order valence-corrected chi connectivity index (χ1v) is 7.66. The minimum atomic E-state index is -0.306. The summed E-state index contributed by atoms with van der Waals surface area (Å²) >= 11 is 0. The Morgan fingerprint density at radius 3 is 2.82 bits per heavy atom. The molecule has 1 aromatic carbocycles. The number of fused-ring (bicyclic) bond motifs is 1. The molecule has 1 aromatic heterocycles. The number of carbonyl (C=O) groups excluding carboxylic acids is 2. The Morgan fingerprint density at radius 1 is 1.27 bits per heavy atom. The molecule has 118 valence electrons. The molecule has 0 saturated carbocycles. The first-order valence-electron chi connectivity index (χ1n) is 7.66. The van der Waals surface area contributed by atoms with Crippen molar-refractivity contribution in [1.29, 1.82) is 0 Å². The van der Waals surface area contributed by atoms with Crippen molar-refractivity contribution in [3.63, 3.8) is 0 Å². The number of rotatable bonds is 8. The molecular weight excluding hydrogens is 280 g/mol. The molecular formula is C17H22N2O3. The van der Waals surface area contributed by atoms with Crippen LogP contribution in [0, 0.1) is 0 Å². The van der Waals surface area contributed by atoms with Gasteiger partial charge < -0.3 is 15.5 Å². The molecule has 1 heterocycles. The van der Waals surface area contributed by atoms with Gasteiger partial charge in [0.1, 0.15) is 11.5 Å². The number of ether oxygens (including phenoxy) is 1. The van der Waals surface area contributed by atoms with E-state index in [1.165, 1.54) is 0 Å². The second-order valence-electron chi connectivity index (χ2n) is 5.28. The SMILES string of the molecule is CCC(=O)CCCC(=O)Oc1ccc2[nH]cc(CCN)c2c1. The highest BCUT2D eigenvalue weighted by atomic mass is 16.5. The molecule has 0 aliphatic carbocycles. The molecule has 2 aromatic rings. The Kier molecular flexibility index (Phi) is 5.72. The fraction of sp³-hybridized carbons (Fsp3) is 0.412. The number of H-pyrrole nitrogens is 1. The van der Waals surface area contributed by atoms with Gasteiger partial charge in [-0.1, -0.05) is 6.92 Å². The molecule has 0 fully saturated rings. The predicted molar refractivity (Wildman–Crippen MR) is 85.8 cm³/mol. The standard InChI is InChI=1S/C17H22N2O3/c1-2-13(20)4-3-5-17(21)22-14-6-7-16-15(10-14)12(8-9-18)11-19-16/h6-7,10-11,19H,2-5,8-9,18H2,1H3. The van der Waals surface area contributed by atoms with Crippen molar-refractivity contribution in [2.75, 3.05) is 6.54 Å². The summed E-state index contributed by atoms with van der Waals surface area (Å²) in [5.74, 6) is 0.393. The topological polar surface area (TPSA) is 85.2 Å². The fourth-order valence-electron chi connectivity index (χ4n) is 2.37. The van der Waals surface area contributed by atoms with Gasteiger partial charge in [0.05, 0.1) is 0 Å². The molecule has 0 radical (unpaired) electrons. The number of nitrogens with one attached hydrogen (secondary N) is 1. The molecule has 0 aliphatic rings. The summed E-state index contributed by atoms with van der Waals surface area (Å²) in [6.45, 7) is 2.40. The predicted octanol–water partition coefficient (Wildman–Crippen LogP) is 2.72. The van der Waals surface area contributed by atoms with Gasteiger partial charge in [-0.3, -0.25) is 9.59 Å². The first-order chi connectivity index (χ1) is 10.6. The van der Waals surface area contributed by atoms with Crippen LogP contribution in [-0.4, -0.2) is 23.3 Å². The van der Waals surface area contributed by atoms with Crippen molar-refractivity contribution in [2.45, 2.75) is 39.0 Å². The summed E-state index contributed by atoms with van der Waals surface area (Å²) < 4.78 is 5.35. The number of Topliss-reactive ketones (excluding diaryl/α,β-unsaturated/α-hetero) is 1. The van der Waals surface area contributed by atoms with Crippen LogP contribution in [0.1, 0.15) is 38.2 Å². The Balaban J connectivity index is 1.97. The summed E-state index contributed by atoms with van der Waals surface area (Å²) in [6.07, 6.45) is 4.45. The monoisotopic (exact) mass is 302 g/mol. The maximum absolute atomic E-state index is 11.8. The van der Waals surface area contributed by atoms with Crippen LogP contribution >= 0.6 is 0 Å². The van der Waals surface area contributed by atoms with Crippen LogP contribution in [-0.2, 0) is 16.0 Å². The molecule has 0 atom stereocenters. The van der Waals surface area contributed by atoms with Crippen LogP contribution in [0.4, 0.5) is 0 Å². The lowest BCUT2D eigenvalue weighted by atomic mass is 10.1. The number of ketones is 1. The lowest BCUT2D eigenvalue weighted by molar-refractivity contribution is -0.134. The first kappa shape index (κ1) is 16.2. The van der Waals surface area contributed by atoms with Gasteiger partial charge in [-0.25, -0.2) is 0 Å². The van der Waals surface area contributed by atoms with Gasteiger partial charge in [0.2, 0.25) is 0 Å². The van der Waals surface area contributed by atoms with Crippen molar-refractivity contribution in [2.24, 2.45) is 5.73 Å². The molecule has 0 aliphatic heterocycles. The molecule has 0 bridgehead atoms. The van der Waals surface area contributed by atoms with Crippen molar-refractivity contribution < 1.29 is 14.3 Å². The van der Waals surface area contributed by atoms with E-state index in [1.807, 2.05) is 25.3 Å². The van der Waals surface area contributed by atoms with E-state index in [1.54, 1.807) is 6.07 Å². The lowest BCUT2D eigenvalue weighted by Gasteiger charge is -2.05. The van der Waals surface area contributed by atoms with Crippen molar-refractivity contribution in [1.82, 2.24) is 4.98 Å². The number of nitrogens with two attached hydrogens (primary N) is 1. The number of carbonyl (C=O) groups is 2. The van der Waals surface area contributed by atoms with Gasteiger partial charge >= 0.3 is 5.97 Å². The Bertz CT molecular complexity index is 661. The van der Waals surface area contributed by atoms with Gasteiger partial charge in [0.15, 0.2) is 0 Å². The van der Waals surface area contributed by atoms with Crippen LogP contribution in [0.15, 0.2) is 24.4 Å². The van der Waals surface area contributed by atoms with E-state index < -0.39 is 0 Å². The highest BCUT2D eigenvalue weighted by Crippen LogP contribution is 2.24. The van der Waals surface area contributed by atoms with Gasteiger partial charge in [-0.15, -0.1) is 0 Å². The summed E-state index contributed by atoms with van der Waals surface area (Å²) in [6, 6.07) is 5.50. The Morgan fingerprint density at radius 2 is 2.09 bits per heavy atom. The van der Waals surface area contributed by atoms with Gasteiger partial charge in [0, 0.05) is 36.4 Å². The highest BCUT2D eigenvalue weighted by Gasteiger charge is 2.09. The fourth-order valence-corrected chi connectivity index (χ4v) is 2.37. The maximum atomic E-state index is 11.8. The maximum Gasteiger partial charge on any atom is 0.311 e. The minimum absolute atomic E-state index is 0.174. The van der Waals surface area contributed by atoms with Crippen LogP contribution in [0.2, 0.25) is 0 Å². The number of hydrogen-bond acceptors (Lipinski definition) is 4. The zero-order chi connectivity index (χ0) is 15.9. The van der Waals surface area contributed by atoms with E-state index in [2.05, 4.69) is 4.98 Å². The Labute approximate surface area is 129 Å². The molecule has 0 unspecified atom stereocenters. The normalized spacial score (nSPS) is 10.8. The average Bonchev–Trinajstić information content (AvgIpc) is 2.90. The van der Waals surface area contributed by atoms with Crippen LogP contribution in [0.5, 0.6) is 5.75 Å². The smallest absolute Gasteiger partial charge is 0.311 e. The number of hydrogen-bond donors (Lipinski definition) is 2. The molecule has 5 heteroatoms. The van der Waals surface area contributed by atoms with E-state index in [0.717, 1.165) is 22.9 Å². The zero-order valence-electron chi connectivity index (χ0n) is 12.9. The van der Waals surface area contributed by atoms with E-state index in [4.69, 9.17) is 10.5 Å². The van der Waals surface area contributed by atoms with Crippen LogP contribution in [0.25, 0.3) is 10.9 Å². The number of aromatic amines is 1. The molecule has 22 heavy (non-hydrogen) atoms. The summed E-state index contributed by atoms with van der Waals surface area (Å²) in [7, 11) is 0. The molecule has 5 nitrogen and oxygen atoms in total. The highest BCUT2D eigenvalue weighted by molar-refractivity contribution is 5.85. The van der Waals surface area contributed by atoms with E-state index >= 15 is 0 Å². The van der Waals surface area contributed by atoms with E-state index in [0.29, 0.717) is 31.6 Å². The second kappa shape index (κ2) is 7.75. The average molecular weight is 302 g/mol. The largest absolute Gasteiger partial charge is 0.427 e. The second-order valence-corrected chi connectivity index (χ2v) is 5.28. The summed E-state index contributed by atoms with van der Waals surface area (Å²) in [5, 5.41) is 1.02. The molecule has 0 spiro atoms. The summed E-state index contributed by atoms with van der Waals surface area (Å²) in [5.41, 5.74) is 7.71. The van der Waals surface area contributed by atoms with Crippen molar-refractivity contribution in [3.05, 3.63) is 30.0 Å². The quantitative estimate of drug-likeness (QED) is 0.580. The Hall–Kier alpha value is -2.14. The van der Waals surface area contributed by atoms with E-state index in [-0.39, 0.29) is 18.2 Å².